The van der Waals surface area contributed by atoms with Gasteiger partial charge in [0.05, 0.1) is 10.9 Å². The van der Waals surface area contributed by atoms with E-state index < -0.39 is 10.0 Å². The molecule has 2 aromatic rings. The van der Waals surface area contributed by atoms with Crippen molar-refractivity contribution in [3.8, 4) is 0 Å². The number of nitrogens with zero attached hydrogens (tertiary/aromatic N) is 1. The standard InChI is InChI=1S/C22H28N2O3S/c1-4-18-8-10-19(11-9-18)17(3)23-22(25)21-15-20(12-7-16(21)2)28(26,27)24-13-5-6-14-24/h7-12,15,17H,4-6,13-14H2,1-3H3,(H,23,25). The van der Waals surface area contributed by atoms with Gasteiger partial charge in [0.2, 0.25) is 10.0 Å². The average molecular weight is 401 g/mol. The molecular weight excluding hydrogens is 372 g/mol. The minimum atomic E-state index is -3.55. The monoisotopic (exact) mass is 400 g/mol. The number of hydrogen-bond donors (Lipinski definition) is 1. The van der Waals surface area contributed by atoms with E-state index in [1.54, 1.807) is 12.1 Å². The Hall–Kier alpha value is -2.18. The maximum Gasteiger partial charge on any atom is 0.252 e. The summed E-state index contributed by atoms with van der Waals surface area (Å²) in [6.07, 6.45) is 2.73. The quantitative estimate of drug-likeness (QED) is 0.801. The second-order valence-corrected chi connectivity index (χ2v) is 9.32. The highest BCUT2D eigenvalue weighted by Crippen LogP contribution is 2.23. The number of sulfonamides is 1. The summed E-state index contributed by atoms with van der Waals surface area (Å²) >= 11 is 0. The third-order valence-corrected chi connectivity index (χ3v) is 7.29. The van der Waals surface area contributed by atoms with Gasteiger partial charge < -0.3 is 5.32 Å². The van der Waals surface area contributed by atoms with Crippen molar-refractivity contribution in [3.05, 3.63) is 64.7 Å². The molecule has 0 bridgehead atoms. The summed E-state index contributed by atoms with van der Waals surface area (Å²) in [5, 5.41) is 2.99. The molecule has 6 heteroatoms. The first-order valence-corrected chi connectivity index (χ1v) is 11.3. The van der Waals surface area contributed by atoms with E-state index in [4.69, 9.17) is 0 Å². The summed E-state index contributed by atoms with van der Waals surface area (Å²) in [6.45, 7) is 6.94. The predicted molar refractivity (Wildman–Crippen MR) is 111 cm³/mol. The number of rotatable bonds is 6. The van der Waals surface area contributed by atoms with E-state index in [0.717, 1.165) is 30.4 Å². The second kappa shape index (κ2) is 8.45. The lowest BCUT2D eigenvalue weighted by Crippen LogP contribution is -2.29. The predicted octanol–water partition coefficient (Wildman–Crippen LogP) is 3.83. The van der Waals surface area contributed by atoms with Crippen LogP contribution < -0.4 is 5.32 Å². The summed E-state index contributed by atoms with van der Waals surface area (Å²) in [5.74, 6) is -0.261. The van der Waals surface area contributed by atoms with Gasteiger partial charge in [0.1, 0.15) is 0 Å². The fourth-order valence-corrected chi connectivity index (χ4v) is 5.03. The Morgan fingerprint density at radius 3 is 2.36 bits per heavy atom. The number of hydrogen-bond acceptors (Lipinski definition) is 3. The Morgan fingerprint density at radius 1 is 1.11 bits per heavy atom. The molecule has 0 aliphatic carbocycles. The lowest BCUT2D eigenvalue weighted by atomic mass is 10.0. The highest BCUT2D eigenvalue weighted by Gasteiger charge is 2.28. The summed E-state index contributed by atoms with van der Waals surface area (Å²) < 4.78 is 27.1. The molecule has 0 spiro atoms. The molecule has 1 unspecified atom stereocenters. The average Bonchev–Trinajstić information content (AvgIpc) is 3.24. The van der Waals surface area contributed by atoms with Crippen LogP contribution in [0.2, 0.25) is 0 Å². The normalized spacial score (nSPS) is 16.1. The van der Waals surface area contributed by atoms with E-state index in [-0.39, 0.29) is 16.8 Å². The molecule has 28 heavy (non-hydrogen) atoms. The zero-order valence-corrected chi connectivity index (χ0v) is 17.6. The Labute approximate surface area is 167 Å². The van der Waals surface area contributed by atoms with Gasteiger partial charge in [-0.3, -0.25) is 4.79 Å². The van der Waals surface area contributed by atoms with Crippen molar-refractivity contribution < 1.29 is 13.2 Å². The minimum Gasteiger partial charge on any atom is -0.346 e. The van der Waals surface area contributed by atoms with Crippen LogP contribution in [0.15, 0.2) is 47.4 Å². The molecule has 5 nitrogen and oxygen atoms in total. The van der Waals surface area contributed by atoms with Crippen LogP contribution in [0.25, 0.3) is 0 Å². The van der Waals surface area contributed by atoms with Gasteiger partial charge in [-0.2, -0.15) is 4.31 Å². The van der Waals surface area contributed by atoms with Crippen LogP contribution in [-0.2, 0) is 16.4 Å². The fourth-order valence-electron chi connectivity index (χ4n) is 3.48. The van der Waals surface area contributed by atoms with Crippen LogP contribution >= 0.6 is 0 Å². The Morgan fingerprint density at radius 2 is 1.75 bits per heavy atom. The SMILES string of the molecule is CCc1ccc(C(C)NC(=O)c2cc(S(=O)(=O)N3CCCC3)ccc2C)cc1. The van der Waals surface area contributed by atoms with Crippen molar-refractivity contribution in [1.82, 2.24) is 9.62 Å². The lowest BCUT2D eigenvalue weighted by molar-refractivity contribution is 0.0939. The van der Waals surface area contributed by atoms with Crippen molar-refractivity contribution >= 4 is 15.9 Å². The molecule has 3 rings (SSSR count). The molecule has 0 saturated carbocycles. The molecule has 1 heterocycles. The van der Waals surface area contributed by atoms with Gasteiger partial charge in [-0.1, -0.05) is 37.3 Å². The molecule has 1 aliphatic heterocycles. The van der Waals surface area contributed by atoms with E-state index in [2.05, 4.69) is 24.4 Å². The van der Waals surface area contributed by atoms with Crippen LogP contribution in [0, 0.1) is 6.92 Å². The Kier molecular flexibility index (Phi) is 6.20. The van der Waals surface area contributed by atoms with Crippen LogP contribution in [0.1, 0.15) is 59.8 Å². The number of carbonyl (C=O) groups is 1. The first-order chi connectivity index (χ1) is 13.3. The van der Waals surface area contributed by atoms with Crippen molar-refractivity contribution in [2.75, 3.05) is 13.1 Å². The smallest absolute Gasteiger partial charge is 0.252 e. The molecule has 2 aromatic carbocycles. The first-order valence-electron chi connectivity index (χ1n) is 9.83. The van der Waals surface area contributed by atoms with Gasteiger partial charge in [0.15, 0.2) is 0 Å². The number of carbonyl (C=O) groups excluding carboxylic acids is 1. The topological polar surface area (TPSA) is 66.5 Å². The third-order valence-electron chi connectivity index (χ3n) is 5.39. The van der Waals surface area contributed by atoms with E-state index in [0.29, 0.717) is 18.7 Å². The second-order valence-electron chi connectivity index (χ2n) is 7.38. The lowest BCUT2D eigenvalue weighted by Gasteiger charge is -2.18. The number of benzene rings is 2. The molecule has 0 radical (unpaired) electrons. The Balaban J connectivity index is 1.81. The maximum absolute atomic E-state index is 12.9. The number of aryl methyl sites for hydroxylation is 2. The van der Waals surface area contributed by atoms with Gasteiger partial charge in [-0.15, -0.1) is 0 Å². The molecule has 1 fully saturated rings. The van der Waals surface area contributed by atoms with E-state index in [9.17, 15) is 13.2 Å². The maximum atomic E-state index is 12.9. The van der Waals surface area contributed by atoms with Crippen molar-refractivity contribution in [3.63, 3.8) is 0 Å². The molecule has 0 aromatic heterocycles. The first kappa shape index (κ1) is 20.6. The van der Waals surface area contributed by atoms with Crippen LogP contribution in [0.4, 0.5) is 0 Å². The summed E-state index contributed by atoms with van der Waals surface area (Å²) in [4.78, 5) is 13.0. The largest absolute Gasteiger partial charge is 0.346 e. The molecule has 1 atom stereocenters. The number of nitrogens with one attached hydrogen (secondary N) is 1. The molecule has 1 amide bonds. The molecule has 1 N–H and O–H groups in total. The van der Waals surface area contributed by atoms with E-state index >= 15 is 0 Å². The molecular formula is C22H28N2O3S. The summed E-state index contributed by atoms with van der Waals surface area (Å²) in [7, 11) is -3.55. The van der Waals surface area contributed by atoms with E-state index in [1.807, 2.05) is 26.0 Å². The molecule has 1 saturated heterocycles. The summed E-state index contributed by atoms with van der Waals surface area (Å²) in [6, 6.07) is 12.8. The third kappa shape index (κ3) is 4.28. The van der Waals surface area contributed by atoms with Crippen molar-refractivity contribution in [2.45, 2.75) is 51.0 Å². The van der Waals surface area contributed by atoms with Gasteiger partial charge >= 0.3 is 0 Å². The highest BCUT2D eigenvalue weighted by atomic mass is 32.2. The van der Waals surface area contributed by atoms with Gasteiger partial charge in [-0.05, 0) is 61.9 Å². The van der Waals surface area contributed by atoms with Crippen LogP contribution in [-0.4, -0.2) is 31.7 Å². The van der Waals surface area contributed by atoms with Gasteiger partial charge in [-0.25, -0.2) is 8.42 Å². The molecule has 1 aliphatic rings. The van der Waals surface area contributed by atoms with Crippen LogP contribution in [0.3, 0.4) is 0 Å². The minimum absolute atomic E-state index is 0.170. The van der Waals surface area contributed by atoms with Gasteiger partial charge in [0, 0.05) is 18.7 Å². The Bertz CT molecular complexity index is 946. The molecule has 150 valence electrons. The zero-order chi connectivity index (χ0) is 20.3. The zero-order valence-electron chi connectivity index (χ0n) is 16.7. The van der Waals surface area contributed by atoms with Crippen molar-refractivity contribution in [2.24, 2.45) is 0 Å². The fraction of sp³-hybridized carbons (Fsp3) is 0.409. The highest BCUT2D eigenvalue weighted by molar-refractivity contribution is 7.89. The number of amides is 1. The van der Waals surface area contributed by atoms with E-state index in [1.165, 1.54) is 15.9 Å². The van der Waals surface area contributed by atoms with Crippen LogP contribution in [0.5, 0.6) is 0 Å². The van der Waals surface area contributed by atoms with Crippen molar-refractivity contribution in [1.29, 1.82) is 0 Å². The van der Waals surface area contributed by atoms with Gasteiger partial charge in [0.25, 0.3) is 5.91 Å². The summed E-state index contributed by atoms with van der Waals surface area (Å²) in [5.41, 5.74) is 3.42.